The fourth-order valence-electron chi connectivity index (χ4n) is 2.92. The van der Waals surface area contributed by atoms with Crippen LogP contribution in [0.4, 0.5) is 0 Å². The molecule has 3 aromatic rings. The molecule has 3 rings (SSSR count). The number of carbonyl (C=O) groups excluding carboxylic acids is 1. The van der Waals surface area contributed by atoms with Gasteiger partial charge >= 0.3 is 0 Å². The lowest BCUT2D eigenvalue weighted by molar-refractivity contribution is -0.116. The highest BCUT2D eigenvalue weighted by molar-refractivity contribution is 7.89. The van der Waals surface area contributed by atoms with Gasteiger partial charge in [0.15, 0.2) is 0 Å². The number of hydrogen-bond donors (Lipinski definition) is 2. The van der Waals surface area contributed by atoms with Crippen LogP contribution in [0.15, 0.2) is 82.3 Å². The van der Waals surface area contributed by atoms with E-state index in [2.05, 4.69) is 10.0 Å². The third kappa shape index (κ3) is 6.91. The molecule has 2 aromatic carbocycles. The molecule has 168 valence electrons. The summed E-state index contributed by atoms with van der Waals surface area (Å²) in [6.45, 7) is 3.54. The smallest absolute Gasteiger partial charge is 0.244 e. The van der Waals surface area contributed by atoms with Gasteiger partial charge in [-0.3, -0.25) is 4.79 Å². The van der Waals surface area contributed by atoms with Crippen molar-refractivity contribution in [1.29, 1.82) is 0 Å². The number of benzene rings is 2. The fourth-order valence-corrected chi connectivity index (χ4v) is 3.91. The monoisotopic (exact) mass is 454 g/mol. The van der Waals surface area contributed by atoms with E-state index in [0.29, 0.717) is 31.1 Å². The number of hydrogen-bond acceptors (Lipinski definition) is 5. The molecule has 2 N–H and O–H groups in total. The van der Waals surface area contributed by atoms with E-state index >= 15 is 0 Å². The second-order valence-corrected chi connectivity index (χ2v) is 8.70. The summed E-state index contributed by atoms with van der Waals surface area (Å²) in [6, 6.07) is 17.5. The SMILES string of the molecule is CCOCc1ccccc1CNC(=O)/C=C/c1ccc(S(=O)(=O)NCc2ccco2)cc1. The summed E-state index contributed by atoms with van der Waals surface area (Å²) in [5, 5.41) is 2.86. The molecule has 0 aliphatic carbocycles. The molecule has 32 heavy (non-hydrogen) atoms. The van der Waals surface area contributed by atoms with E-state index in [1.807, 2.05) is 31.2 Å². The Hall–Kier alpha value is -3.20. The van der Waals surface area contributed by atoms with E-state index in [-0.39, 0.29) is 17.3 Å². The van der Waals surface area contributed by atoms with Gasteiger partial charge in [-0.25, -0.2) is 13.1 Å². The van der Waals surface area contributed by atoms with Gasteiger partial charge in [0.2, 0.25) is 15.9 Å². The maximum absolute atomic E-state index is 12.4. The lowest BCUT2D eigenvalue weighted by atomic mass is 10.1. The molecule has 0 spiro atoms. The van der Waals surface area contributed by atoms with Gasteiger partial charge in [0, 0.05) is 19.2 Å². The van der Waals surface area contributed by atoms with Gasteiger partial charge in [0.25, 0.3) is 0 Å². The zero-order valence-corrected chi connectivity index (χ0v) is 18.6. The number of ether oxygens (including phenoxy) is 1. The van der Waals surface area contributed by atoms with Crippen LogP contribution >= 0.6 is 0 Å². The molecule has 0 saturated heterocycles. The van der Waals surface area contributed by atoms with Gasteiger partial charge in [0.05, 0.1) is 24.3 Å². The van der Waals surface area contributed by atoms with Gasteiger partial charge in [-0.15, -0.1) is 0 Å². The van der Waals surface area contributed by atoms with Crippen LogP contribution in [0.3, 0.4) is 0 Å². The number of sulfonamides is 1. The van der Waals surface area contributed by atoms with E-state index in [0.717, 1.165) is 11.1 Å². The highest BCUT2D eigenvalue weighted by Gasteiger charge is 2.14. The molecule has 0 aliphatic heterocycles. The second-order valence-electron chi connectivity index (χ2n) is 6.93. The van der Waals surface area contributed by atoms with Gasteiger partial charge in [-0.05, 0) is 54.0 Å². The third-order valence-corrected chi connectivity index (χ3v) is 6.08. The van der Waals surface area contributed by atoms with E-state index < -0.39 is 10.0 Å². The third-order valence-electron chi connectivity index (χ3n) is 4.67. The van der Waals surface area contributed by atoms with Crippen LogP contribution < -0.4 is 10.0 Å². The van der Waals surface area contributed by atoms with Gasteiger partial charge in [-0.1, -0.05) is 36.4 Å². The highest BCUT2D eigenvalue weighted by Crippen LogP contribution is 2.13. The van der Waals surface area contributed by atoms with Crippen molar-refractivity contribution in [1.82, 2.24) is 10.0 Å². The van der Waals surface area contributed by atoms with Crippen LogP contribution in [0.2, 0.25) is 0 Å². The molecular formula is C24H26N2O5S. The minimum Gasteiger partial charge on any atom is -0.468 e. The summed E-state index contributed by atoms with van der Waals surface area (Å²) >= 11 is 0. The number of nitrogens with one attached hydrogen (secondary N) is 2. The molecule has 8 heteroatoms. The summed E-state index contributed by atoms with van der Waals surface area (Å²) < 4.78 is 37.8. The van der Waals surface area contributed by atoms with Crippen LogP contribution in [-0.4, -0.2) is 20.9 Å². The number of amides is 1. The zero-order valence-electron chi connectivity index (χ0n) is 17.8. The summed E-state index contributed by atoms with van der Waals surface area (Å²) in [6.07, 6.45) is 4.54. The molecule has 0 fully saturated rings. The summed E-state index contributed by atoms with van der Waals surface area (Å²) in [7, 11) is -3.66. The van der Waals surface area contributed by atoms with Crippen molar-refractivity contribution in [2.45, 2.75) is 31.5 Å². The van der Waals surface area contributed by atoms with Crippen LogP contribution in [-0.2, 0) is 39.3 Å². The summed E-state index contributed by atoms with van der Waals surface area (Å²) in [5.74, 6) is 0.285. The maximum atomic E-state index is 12.4. The zero-order chi connectivity index (χ0) is 22.8. The Labute approximate surface area is 188 Å². The largest absolute Gasteiger partial charge is 0.468 e. The molecule has 0 unspecified atom stereocenters. The first-order valence-corrected chi connectivity index (χ1v) is 11.7. The quantitative estimate of drug-likeness (QED) is 0.431. The molecule has 1 aromatic heterocycles. The van der Waals surface area contributed by atoms with Crippen molar-refractivity contribution >= 4 is 22.0 Å². The number of carbonyl (C=O) groups is 1. The predicted molar refractivity (Wildman–Crippen MR) is 122 cm³/mol. The fraction of sp³-hybridized carbons (Fsp3) is 0.208. The first kappa shape index (κ1) is 23.5. The second kappa shape index (κ2) is 11.4. The summed E-state index contributed by atoms with van der Waals surface area (Å²) in [4.78, 5) is 12.3. The predicted octanol–water partition coefficient (Wildman–Crippen LogP) is 3.62. The molecule has 0 radical (unpaired) electrons. The number of furan rings is 1. The molecule has 0 saturated carbocycles. The Bertz CT molecular complexity index is 1140. The average molecular weight is 455 g/mol. The van der Waals surface area contributed by atoms with Crippen LogP contribution in [0.25, 0.3) is 6.08 Å². The van der Waals surface area contributed by atoms with Gasteiger partial charge < -0.3 is 14.5 Å². The Kier molecular flexibility index (Phi) is 8.38. The molecule has 0 aliphatic rings. The van der Waals surface area contributed by atoms with Crippen LogP contribution in [0.5, 0.6) is 0 Å². The standard InChI is InChI=1S/C24H26N2O5S/c1-2-30-18-21-7-4-3-6-20(21)16-25-24(27)14-11-19-9-12-23(13-10-19)32(28,29)26-17-22-8-5-15-31-22/h3-15,26H,2,16-18H2,1H3,(H,25,27)/b14-11+. The van der Waals surface area contributed by atoms with Gasteiger partial charge in [0.1, 0.15) is 5.76 Å². The van der Waals surface area contributed by atoms with Crippen molar-refractivity contribution in [3.05, 3.63) is 95.5 Å². The maximum Gasteiger partial charge on any atom is 0.244 e. The minimum absolute atomic E-state index is 0.0743. The van der Waals surface area contributed by atoms with Crippen molar-refractivity contribution in [2.75, 3.05) is 6.61 Å². The Morgan fingerprint density at radius 1 is 1.00 bits per heavy atom. The van der Waals surface area contributed by atoms with Crippen LogP contribution in [0, 0.1) is 0 Å². The van der Waals surface area contributed by atoms with Crippen molar-refractivity contribution in [3.63, 3.8) is 0 Å². The van der Waals surface area contributed by atoms with Gasteiger partial charge in [-0.2, -0.15) is 0 Å². The average Bonchev–Trinajstić information content (AvgIpc) is 3.33. The van der Waals surface area contributed by atoms with E-state index in [1.54, 1.807) is 30.3 Å². The lowest BCUT2D eigenvalue weighted by Crippen LogP contribution is -2.22. The Balaban J connectivity index is 1.53. The molecule has 0 bridgehead atoms. The molecular weight excluding hydrogens is 428 g/mol. The van der Waals surface area contributed by atoms with Crippen molar-refractivity contribution in [2.24, 2.45) is 0 Å². The molecule has 7 nitrogen and oxygen atoms in total. The topological polar surface area (TPSA) is 97.6 Å². The number of rotatable bonds is 11. The summed E-state index contributed by atoms with van der Waals surface area (Å²) in [5.41, 5.74) is 2.75. The first-order valence-electron chi connectivity index (χ1n) is 10.2. The van der Waals surface area contributed by atoms with E-state index in [4.69, 9.17) is 9.15 Å². The van der Waals surface area contributed by atoms with E-state index in [1.165, 1.54) is 24.5 Å². The lowest BCUT2D eigenvalue weighted by Gasteiger charge is -2.09. The molecule has 1 heterocycles. The van der Waals surface area contributed by atoms with Crippen molar-refractivity contribution in [3.8, 4) is 0 Å². The molecule has 0 atom stereocenters. The highest BCUT2D eigenvalue weighted by atomic mass is 32.2. The molecule has 1 amide bonds. The van der Waals surface area contributed by atoms with Crippen LogP contribution in [0.1, 0.15) is 29.4 Å². The van der Waals surface area contributed by atoms with E-state index in [9.17, 15) is 13.2 Å². The van der Waals surface area contributed by atoms with Crippen molar-refractivity contribution < 1.29 is 22.4 Å². The Morgan fingerprint density at radius 3 is 2.44 bits per heavy atom. The minimum atomic E-state index is -3.66. The first-order chi connectivity index (χ1) is 15.5. The Morgan fingerprint density at radius 2 is 1.75 bits per heavy atom. The normalized spacial score (nSPS) is 11.7.